The summed E-state index contributed by atoms with van der Waals surface area (Å²) < 4.78 is 9.65. The normalized spacial score (nSPS) is 9.30. The number of carbonyl (C=O) groups excluding carboxylic acids is 2. The Balaban J connectivity index is 0.00000361. The van der Waals surface area contributed by atoms with Crippen LogP contribution in [0.4, 0.5) is 5.69 Å². The van der Waals surface area contributed by atoms with E-state index in [1.165, 1.54) is 7.11 Å². The minimum absolute atomic E-state index is 0. The Morgan fingerprint density at radius 3 is 2.40 bits per heavy atom. The van der Waals surface area contributed by atoms with Gasteiger partial charge in [-0.1, -0.05) is 0 Å². The molecule has 1 aromatic rings. The summed E-state index contributed by atoms with van der Waals surface area (Å²) >= 11 is 0. The van der Waals surface area contributed by atoms with Crippen LogP contribution in [0.25, 0.3) is 0 Å². The number of benzene rings is 1. The molecule has 2 N–H and O–H groups in total. The highest BCUT2D eigenvalue weighted by Gasteiger charge is 2.03. The second-order valence-corrected chi connectivity index (χ2v) is 3.79. The molecule has 20 heavy (non-hydrogen) atoms. The number of hydrogen-bond acceptors (Lipinski definition) is 5. The predicted molar refractivity (Wildman–Crippen MR) is 78.4 cm³/mol. The summed E-state index contributed by atoms with van der Waals surface area (Å²) in [5.74, 6) is 0.0423. The molecule has 1 aromatic carbocycles. The molecule has 7 heteroatoms. The standard InChI is InChI=1S/C13H18N2O4.ClH/c1-14-8-7-12(16)15-10-3-5-11(6-4-10)19-9-13(17)18-2;/h3-6,14H,7-9H2,1-2H3,(H,15,16);1H. The van der Waals surface area contributed by atoms with Crippen molar-refractivity contribution in [1.82, 2.24) is 5.32 Å². The first kappa shape index (κ1) is 18.2. The maximum Gasteiger partial charge on any atom is 0.343 e. The Kier molecular flexibility index (Phi) is 9.15. The van der Waals surface area contributed by atoms with Gasteiger partial charge in [-0.05, 0) is 31.3 Å². The third-order valence-electron chi connectivity index (χ3n) is 2.32. The molecule has 0 spiro atoms. The van der Waals surface area contributed by atoms with Crippen molar-refractivity contribution in [2.24, 2.45) is 0 Å². The lowest BCUT2D eigenvalue weighted by Crippen LogP contribution is -2.18. The van der Waals surface area contributed by atoms with E-state index in [4.69, 9.17) is 4.74 Å². The van der Waals surface area contributed by atoms with E-state index in [1.807, 2.05) is 0 Å². The molecular formula is C13H19ClN2O4. The fourth-order valence-corrected chi connectivity index (χ4v) is 1.30. The highest BCUT2D eigenvalue weighted by atomic mass is 35.5. The molecule has 6 nitrogen and oxygen atoms in total. The molecule has 112 valence electrons. The van der Waals surface area contributed by atoms with Gasteiger partial charge in [0.1, 0.15) is 5.75 Å². The quantitative estimate of drug-likeness (QED) is 0.740. The van der Waals surface area contributed by atoms with Crippen LogP contribution in [0.2, 0.25) is 0 Å². The summed E-state index contributed by atoms with van der Waals surface area (Å²) in [6.07, 6.45) is 0.414. The SMILES string of the molecule is CNCCC(=O)Nc1ccc(OCC(=O)OC)cc1.Cl. The Hall–Kier alpha value is -1.79. The second-order valence-electron chi connectivity index (χ2n) is 3.79. The smallest absolute Gasteiger partial charge is 0.343 e. The van der Waals surface area contributed by atoms with Gasteiger partial charge in [0.25, 0.3) is 0 Å². The summed E-state index contributed by atoms with van der Waals surface area (Å²) in [4.78, 5) is 22.4. The van der Waals surface area contributed by atoms with Crippen LogP contribution in [0, 0.1) is 0 Å². The van der Waals surface area contributed by atoms with E-state index >= 15 is 0 Å². The summed E-state index contributed by atoms with van der Waals surface area (Å²) in [5, 5.41) is 5.66. The number of halogens is 1. The lowest BCUT2D eigenvalue weighted by atomic mass is 10.3. The van der Waals surface area contributed by atoms with Crippen LogP contribution in [0.15, 0.2) is 24.3 Å². The summed E-state index contributed by atoms with van der Waals surface area (Å²) in [6.45, 7) is 0.497. The molecule has 0 radical (unpaired) electrons. The number of carbonyl (C=O) groups is 2. The van der Waals surface area contributed by atoms with Crippen LogP contribution in [0.5, 0.6) is 5.75 Å². The van der Waals surface area contributed by atoms with Crippen molar-refractivity contribution in [3.05, 3.63) is 24.3 Å². The van der Waals surface area contributed by atoms with E-state index in [-0.39, 0.29) is 24.9 Å². The van der Waals surface area contributed by atoms with Gasteiger partial charge < -0.3 is 20.1 Å². The van der Waals surface area contributed by atoms with Crippen molar-refractivity contribution in [2.45, 2.75) is 6.42 Å². The Labute approximate surface area is 124 Å². The molecule has 1 amide bonds. The molecule has 0 aliphatic heterocycles. The Bertz CT molecular complexity index is 423. The second kappa shape index (κ2) is 10.1. The van der Waals surface area contributed by atoms with E-state index < -0.39 is 5.97 Å². The number of esters is 1. The average molecular weight is 303 g/mol. The van der Waals surface area contributed by atoms with E-state index in [0.717, 1.165) is 0 Å². The van der Waals surface area contributed by atoms with Crippen LogP contribution in [-0.2, 0) is 14.3 Å². The van der Waals surface area contributed by atoms with E-state index in [1.54, 1.807) is 31.3 Å². The van der Waals surface area contributed by atoms with Crippen molar-refractivity contribution in [1.29, 1.82) is 0 Å². The fraction of sp³-hybridized carbons (Fsp3) is 0.385. The van der Waals surface area contributed by atoms with Crippen LogP contribution < -0.4 is 15.4 Å². The number of hydrogen-bond donors (Lipinski definition) is 2. The first-order valence-electron chi connectivity index (χ1n) is 5.90. The molecule has 0 fully saturated rings. The Morgan fingerprint density at radius 2 is 1.85 bits per heavy atom. The molecule has 0 bridgehead atoms. The van der Waals surface area contributed by atoms with E-state index in [9.17, 15) is 9.59 Å². The molecule has 0 aliphatic carbocycles. The molecular weight excluding hydrogens is 284 g/mol. The van der Waals surface area contributed by atoms with Crippen LogP contribution in [-0.4, -0.2) is 39.2 Å². The zero-order valence-corrected chi connectivity index (χ0v) is 12.3. The van der Waals surface area contributed by atoms with Crippen molar-refractivity contribution >= 4 is 30.0 Å². The first-order chi connectivity index (χ1) is 9.15. The van der Waals surface area contributed by atoms with Gasteiger partial charge in [0.05, 0.1) is 7.11 Å². The largest absolute Gasteiger partial charge is 0.482 e. The van der Waals surface area contributed by atoms with Crippen LogP contribution in [0.1, 0.15) is 6.42 Å². The maximum absolute atomic E-state index is 11.5. The minimum atomic E-state index is -0.440. The lowest BCUT2D eigenvalue weighted by molar-refractivity contribution is -0.142. The highest BCUT2D eigenvalue weighted by Crippen LogP contribution is 2.15. The number of anilines is 1. The fourth-order valence-electron chi connectivity index (χ4n) is 1.30. The summed E-state index contributed by atoms with van der Waals surface area (Å²) in [6, 6.07) is 6.78. The third-order valence-corrected chi connectivity index (χ3v) is 2.32. The van der Waals surface area contributed by atoms with Gasteiger partial charge in [0.15, 0.2) is 6.61 Å². The molecule has 0 heterocycles. The van der Waals surface area contributed by atoms with Crippen molar-refractivity contribution in [2.75, 3.05) is 32.6 Å². The van der Waals surface area contributed by atoms with E-state index in [2.05, 4.69) is 15.4 Å². The number of nitrogens with one attached hydrogen (secondary N) is 2. The minimum Gasteiger partial charge on any atom is -0.482 e. The average Bonchev–Trinajstić information content (AvgIpc) is 2.44. The van der Waals surface area contributed by atoms with Crippen molar-refractivity contribution < 1.29 is 19.1 Å². The monoisotopic (exact) mass is 302 g/mol. The molecule has 0 saturated heterocycles. The maximum atomic E-state index is 11.5. The van der Waals surface area contributed by atoms with Gasteiger partial charge in [-0.3, -0.25) is 4.79 Å². The van der Waals surface area contributed by atoms with Crippen LogP contribution >= 0.6 is 12.4 Å². The number of amides is 1. The number of rotatable bonds is 7. The zero-order valence-electron chi connectivity index (χ0n) is 11.5. The van der Waals surface area contributed by atoms with Gasteiger partial charge in [0, 0.05) is 18.7 Å². The molecule has 1 rings (SSSR count). The molecule has 0 atom stereocenters. The lowest BCUT2D eigenvalue weighted by Gasteiger charge is -2.07. The highest BCUT2D eigenvalue weighted by molar-refractivity contribution is 5.90. The topological polar surface area (TPSA) is 76.7 Å². The number of methoxy groups -OCH3 is 1. The summed E-state index contributed by atoms with van der Waals surface area (Å²) in [5.41, 5.74) is 0.687. The van der Waals surface area contributed by atoms with Gasteiger partial charge in [0.2, 0.25) is 5.91 Å². The first-order valence-corrected chi connectivity index (χ1v) is 5.90. The van der Waals surface area contributed by atoms with Crippen molar-refractivity contribution in [3.63, 3.8) is 0 Å². The Morgan fingerprint density at radius 1 is 1.20 bits per heavy atom. The predicted octanol–water partition coefficient (Wildman–Crippen LogP) is 1.21. The van der Waals surface area contributed by atoms with Crippen molar-refractivity contribution in [3.8, 4) is 5.75 Å². The van der Waals surface area contributed by atoms with Crippen LogP contribution in [0.3, 0.4) is 0 Å². The van der Waals surface area contributed by atoms with Gasteiger partial charge in [-0.25, -0.2) is 4.79 Å². The third kappa shape index (κ3) is 6.96. The van der Waals surface area contributed by atoms with Gasteiger partial charge in [-0.2, -0.15) is 0 Å². The zero-order chi connectivity index (χ0) is 14.1. The van der Waals surface area contributed by atoms with Gasteiger partial charge in [-0.15, -0.1) is 12.4 Å². The number of ether oxygens (including phenoxy) is 2. The molecule has 0 unspecified atom stereocenters. The molecule has 0 saturated carbocycles. The molecule has 0 aliphatic rings. The van der Waals surface area contributed by atoms with E-state index in [0.29, 0.717) is 24.4 Å². The molecule has 0 aromatic heterocycles. The summed E-state index contributed by atoms with van der Waals surface area (Å²) in [7, 11) is 3.09. The van der Waals surface area contributed by atoms with Gasteiger partial charge >= 0.3 is 5.97 Å².